The number of carbonyl (C=O) groups excluding carboxylic acids is 1. The molecule has 7 heteroatoms. The summed E-state index contributed by atoms with van der Waals surface area (Å²) in [6.07, 6.45) is 3.87. The minimum atomic E-state index is -1.14. The van der Waals surface area contributed by atoms with Crippen molar-refractivity contribution in [3.63, 3.8) is 0 Å². The van der Waals surface area contributed by atoms with Gasteiger partial charge in [-0.25, -0.2) is 4.79 Å². The molecule has 2 N–H and O–H groups in total. The van der Waals surface area contributed by atoms with Gasteiger partial charge in [-0.05, 0) is 44.7 Å². The number of furan rings is 1. The van der Waals surface area contributed by atoms with Gasteiger partial charge in [0.2, 0.25) is 5.91 Å². The summed E-state index contributed by atoms with van der Waals surface area (Å²) in [5.74, 6) is -0.673. The van der Waals surface area contributed by atoms with Crippen LogP contribution >= 0.6 is 0 Å². The molecule has 146 valence electrons. The van der Waals surface area contributed by atoms with E-state index in [-0.39, 0.29) is 12.0 Å². The van der Waals surface area contributed by atoms with Gasteiger partial charge in [0.25, 0.3) is 0 Å². The highest BCUT2D eigenvalue weighted by molar-refractivity contribution is 5.97. The van der Waals surface area contributed by atoms with Gasteiger partial charge in [-0.15, -0.1) is 0 Å². The first-order valence-electron chi connectivity index (χ1n) is 9.38. The van der Waals surface area contributed by atoms with Gasteiger partial charge in [0.05, 0.1) is 12.0 Å². The predicted molar refractivity (Wildman–Crippen MR) is 103 cm³/mol. The highest BCUT2D eigenvalue weighted by atomic mass is 16.4. The first-order chi connectivity index (χ1) is 13.3. The number of hydrogen-bond acceptors (Lipinski definition) is 5. The van der Waals surface area contributed by atoms with Gasteiger partial charge in [-0.1, -0.05) is 0 Å². The zero-order valence-corrected chi connectivity index (χ0v) is 15.8. The molecule has 1 aliphatic carbocycles. The molecule has 2 heterocycles. The van der Waals surface area contributed by atoms with E-state index < -0.39 is 23.5 Å². The molecular formula is C21H21NO6. The number of carbonyl (C=O) groups is 2. The van der Waals surface area contributed by atoms with Crippen LogP contribution in [0.4, 0.5) is 0 Å². The van der Waals surface area contributed by atoms with Gasteiger partial charge in [0.1, 0.15) is 23.0 Å². The van der Waals surface area contributed by atoms with E-state index in [1.165, 1.54) is 12.5 Å². The van der Waals surface area contributed by atoms with Gasteiger partial charge in [-0.3, -0.25) is 9.59 Å². The largest absolute Gasteiger partial charge is 0.480 e. The molecule has 0 aliphatic heterocycles. The van der Waals surface area contributed by atoms with Crippen LogP contribution in [0.2, 0.25) is 0 Å². The highest BCUT2D eigenvalue weighted by Gasteiger charge is 2.22. The smallest absolute Gasteiger partial charge is 0.340 e. The molecule has 28 heavy (non-hydrogen) atoms. The molecule has 1 aromatic carbocycles. The van der Waals surface area contributed by atoms with Crippen molar-refractivity contribution in [2.24, 2.45) is 0 Å². The summed E-state index contributed by atoms with van der Waals surface area (Å²) in [5.41, 5.74) is 2.64. The van der Waals surface area contributed by atoms with E-state index in [1.807, 2.05) is 6.07 Å². The maximum absolute atomic E-state index is 12.4. The van der Waals surface area contributed by atoms with E-state index in [9.17, 15) is 14.4 Å². The number of rotatable bonds is 4. The summed E-state index contributed by atoms with van der Waals surface area (Å²) < 4.78 is 11.4. The molecule has 2 aromatic heterocycles. The van der Waals surface area contributed by atoms with Gasteiger partial charge < -0.3 is 19.3 Å². The van der Waals surface area contributed by atoms with Crippen LogP contribution in [0.25, 0.3) is 21.9 Å². The fourth-order valence-corrected chi connectivity index (χ4v) is 3.86. The van der Waals surface area contributed by atoms with Crippen molar-refractivity contribution in [2.45, 2.75) is 52.0 Å². The van der Waals surface area contributed by atoms with Crippen molar-refractivity contribution in [3.05, 3.63) is 45.0 Å². The molecule has 0 bridgehead atoms. The molecule has 0 spiro atoms. The van der Waals surface area contributed by atoms with Crippen LogP contribution in [0.15, 0.2) is 25.8 Å². The quantitative estimate of drug-likeness (QED) is 0.671. The number of nitrogens with one attached hydrogen (secondary N) is 1. The van der Waals surface area contributed by atoms with E-state index >= 15 is 0 Å². The molecule has 1 atom stereocenters. The topological polar surface area (TPSA) is 110 Å². The van der Waals surface area contributed by atoms with Crippen molar-refractivity contribution < 1.29 is 23.5 Å². The molecule has 3 aromatic rings. The number of hydrogen-bond donors (Lipinski definition) is 2. The zero-order valence-electron chi connectivity index (χ0n) is 15.8. The standard InChI is InChI=1S/C21H21NO6/c1-10-13-7-15-12-5-3-4-6-16(12)27-18(15)9-17(13)28-21(26)14(10)8-19(23)22-11(2)20(24)25/h7,9,11H,3-6,8H2,1-2H3,(H,22,23)(H,24,25)/t11-/m1/s1. The second-order valence-corrected chi connectivity index (χ2v) is 7.35. The summed E-state index contributed by atoms with van der Waals surface area (Å²) in [6, 6.07) is 2.68. The number of amides is 1. The number of benzene rings is 1. The predicted octanol–water partition coefficient (Wildman–Crippen LogP) is 2.86. The van der Waals surface area contributed by atoms with Crippen molar-refractivity contribution in [3.8, 4) is 0 Å². The third-order valence-corrected chi connectivity index (χ3v) is 5.45. The monoisotopic (exact) mass is 383 g/mol. The first-order valence-corrected chi connectivity index (χ1v) is 9.38. The van der Waals surface area contributed by atoms with Crippen LogP contribution in [0.1, 0.15) is 42.2 Å². The van der Waals surface area contributed by atoms with E-state index in [4.69, 9.17) is 13.9 Å². The fourth-order valence-electron chi connectivity index (χ4n) is 3.86. The van der Waals surface area contributed by atoms with E-state index in [2.05, 4.69) is 5.32 Å². The van der Waals surface area contributed by atoms with Gasteiger partial charge >= 0.3 is 11.6 Å². The Hall–Kier alpha value is -3.09. The van der Waals surface area contributed by atoms with Crippen LogP contribution in [0, 0.1) is 6.92 Å². The summed E-state index contributed by atoms with van der Waals surface area (Å²) in [4.78, 5) is 35.5. The fraction of sp³-hybridized carbons (Fsp3) is 0.381. The Morgan fingerprint density at radius 2 is 1.86 bits per heavy atom. The molecule has 7 nitrogen and oxygen atoms in total. The molecule has 0 radical (unpaired) electrons. The van der Waals surface area contributed by atoms with Gasteiger partial charge in [0.15, 0.2) is 0 Å². The zero-order chi connectivity index (χ0) is 20.0. The molecule has 0 fully saturated rings. The molecular weight excluding hydrogens is 362 g/mol. The van der Waals surface area contributed by atoms with Crippen LogP contribution in [-0.4, -0.2) is 23.0 Å². The van der Waals surface area contributed by atoms with E-state index in [0.717, 1.165) is 42.2 Å². The number of fused-ring (bicyclic) bond motifs is 4. The third kappa shape index (κ3) is 3.06. The minimum Gasteiger partial charge on any atom is -0.480 e. The molecule has 4 rings (SSSR count). The number of aryl methyl sites for hydroxylation is 3. The minimum absolute atomic E-state index is 0.233. The lowest BCUT2D eigenvalue weighted by Crippen LogP contribution is -2.39. The molecule has 0 saturated heterocycles. The Bertz CT molecular complexity index is 1170. The molecule has 1 aliphatic rings. The Kier molecular flexibility index (Phi) is 4.45. The number of carboxylic acid groups (broad SMARTS) is 1. The number of aliphatic carboxylic acids is 1. The van der Waals surface area contributed by atoms with Crippen LogP contribution in [0.3, 0.4) is 0 Å². The van der Waals surface area contributed by atoms with Crippen LogP contribution in [-0.2, 0) is 28.9 Å². The summed E-state index contributed by atoms with van der Waals surface area (Å²) in [5, 5.41) is 13.1. The van der Waals surface area contributed by atoms with Crippen molar-refractivity contribution >= 4 is 33.8 Å². The second kappa shape index (κ2) is 6.82. The average molecular weight is 383 g/mol. The maximum Gasteiger partial charge on any atom is 0.340 e. The van der Waals surface area contributed by atoms with Crippen LogP contribution < -0.4 is 10.9 Å². The Morgan fingerprint density at radius 1 is 1.14 bits per heavy atom. The normalized spacial score (nSPS) is 14.8. The molecule has 0 unspecified atom stereocenters. The van der Waals surface area contributed by atoms with Crippen LogP contribution in [0.5, 0.6) is 0 Å². The summed E-state index contributed by atoms with van der Waals surface area (Å²) >= 11 is 0. The van der Waals surface area contributed by atoms with Gasteiger partial charge in [-0.2, -0.15) is 0 Å². The third-order valence-electron chi connectivity index (χ3n) is 5.45. The Morgan fingerprint density at radius 3 is 2.61 bits per heavy atom. The lowest BCUT2D eigenvalue weighted by atomic mass is 9.94. The summed E-state index contributed by atoms with van der Waals surface area (Å²) in [6.45, 7) is 3.15. The highest BCUT2D eigenvalue weighted by Crippen LogP contribution is 2.35. The lowest BCUT2D eigenvalue weighted by molar-refractivity contribution is -0.141. The SMILES string of the molecule is Cc1c(CC(=O)N[C@H](C)C(=O)O)c(=O)oc2cc3oc4c(c3cc12)CCCC4. The Balaban J connectivity index is 1.78. The molecule has 0 saturated carbocycles. The molecule has 1 amide bonds. The van der Waals surface area contributed by atoms with Crippen molar-refractivity contribution in [1.82, 2.24) is 5.32 Å². The van der Waals surface area contributed by atoms with Gasteiger partial charge in [0, 0.05) is 28.8 Å². The lowest BCUT2D eigenvalue weighted by Gasteiger charge is -2.11. The van der Waals surface area contributed by atoms with E-state index in [1.54, 1.807) is 13.0 Å². The van der Waals surface area contributed by atoms with Crippen molar-refractivity contribution in [1.29, 1.82) is 0 Å². The average Bonchev–Trinajstić information content (AvgIpc) is 3.01. The maximum atomic E-state index is 12.4. The van der Waals surface area contributed by atoms with Crippen molar-refractivity contribution in [2.75, 3.05) is 0 Å². The first kappa shape index (κ1) is 18.3. The second-order valence-electron chi connectivity index (χ2n) is 7.35. The van der Waals surface area contributed by atoms with E-state index in [0.29, 0.717) is 16.7 Å². The number of carboxylic acids is 1. The summed E-state index contributed by atoms with van der Waals surface area (Å²) in [7, 11) is 0. The Labute approximate surface area is 160 Å².